The molecule has 0 spiro atoms. The van der Waals surface area contributed by atoms with Crippen LogP contribution < -0.4 is 0 Å². The van der Waals surface area contributed by atoms with Crippen LogP contribution in [0.25, 0.3) is 0 Å². The summed E-state index contributed by atoms with van der Waals surface area (Å²) in [5, 5.41) is 9.05. The molecule has 2 aromatic rings. The number of carbonyl (C=O) groups is 1. The van der Waals surface area contributed by atoms with E-state index < -0.39 is 0 Å². The zero-order chi connectivity index (χ0) is 18.3. The smallest absolute Gasteiger partial charge is 0.270 e. The molecule has 0 atom stereocenters. The summed E-state index contributed by atoms with van der Waals surface area (Å²) in [5.41, 5.74) is 0.762. The van der Waals surface area contributed by atoms with Gasteiger partial charge >= 0.3 is 0 Å². The Morgan fingerprint density at radius 3 is 2.50 bits per heavy atom. The highest BCUT2D eigenvalue weighted by molar-refractivity contribution is 5.92. The first-order chi connectivity index (χ1) is 12.5. The van der Waals surface area contributed by atoms with E-state index in [1.807, 2.05) is 34.8 Å². The van der Waals surface area contributed by atoms with Crippen LogP contribution in [-0.4, -0.2) is 62.2 Å². The molecule has 140 valence electrons. The van der Waals surface area contributed by atoms with Crippen LogP contribution in [0.3, 0.4) is 0 Å². The Morgan fingerprint density at radius 1 is 1.19 bits per heavy atom. The minimum atomic E-state index is 0.132. The van der Waals surface area contributed by atoms with E-state index in [0.717, 1.165) is 49.8 Å². The van der Waals surface area contributed by atoms with Crippen LogP contribution >= 0.6 is 0 Å². The molecule has 0 radical (unpaired) electrons. The quantitative estimate of drug-likeness (QED) is 0.823. The molecular weight excluding hydrogens is 328 g/mol. The minimum absolute atomic E-state index is 0.132. The van der Waals surface area contributed by atoms with Gasteiger partial charge in [0.05, 0.1) is 6.54 Å². The van der Waals surface area contributed by atoms with Crippen molar-refractivity contribution in [2.75, 3.05) is 27.2 Å². The maximum absolute atomic E-state index is 12.7. The summed E-state index contributed by atoms with van der Waals surface area (Å²) in [6, 6.07) is 4.40. The van der Waals surface area contributed by atoms with Crippen molar-refractivity contribution in [2.45, 2.75) is 44.2 Å². The molecule has 0 aromatic carbocycles. The molecule has 1 aliphatic heterocycles. The highest BCUT2D eigenvalue weighted by atomic mass is 16.2. The molecular formula is C19H28N6O. The van der Waals surface area contributed by atoms with Gasteiger partial charge in [0, 0.05) is 38.3 Å². The van der Waals surface area contributed by atoms with E-state index >= 15 is 0 Å². The van der Waals surface area contributed by atoms with Crippen LogP contribution in [0.4, 0.5) is 0 Å². The van der Waals surface area contributed by atoms with Gasteiger partial charge in [0.1, 0.15) is 17.3 Å². The van der Waals surface area contributed by atoms with E-state index in [4.69, 9.17) is 0 Å². The lowest BCUT2D eigenvalue weighted by Gasteiger charge is -2.32. The SMILES string of the molecule is CN(C)Cc1nnc(C2CCN(C(=O)c3cccn3C)CC2)n1C1CC1. The number of carbonyl (C=O) groups excluding carboxylic acids is 1. The van der Waals surface area contributed by atoms with Gasteiger partial charge in [-0.2, -0.15) is 0 Å². The average molecular weight is 356 g/mol. The highest BCUT2D eigenvalue weighted by Gasteiger charge is 2.34. The molecule has 3 heterocycles. The van der Waals surface area contributed by atoms with Crippen molar-refractivity contribution in [3.05, 3.63) is 35.7 Å². The molecule has 1 aliphatic carbocycles. The topological polar surface area (TPSA) is 59.2 Å². The summed E-state index contributed by atoms with van der Waals surface area (Å²) < 4.78 is 4.28. The van der Waals surface area contributed by atoms with Gasteiger partial charge in [-0.25, -0.2) is 0 Å². The Balaban J connectivity index is 1.46. The van der Waals surface area contributed by atoms with Crippen LogP contribution in [0.5, 0.6) is 0 Å². The second-order valence-corrected chi connectivity index (χ2v) is 7.88. The van der Waals surface area contributed by atoms with Gasteiger partial charge in [-0.15, -0.1) is 10.2 Å². The summed E-state index contributed by atoms with van der Waals surface area (Å²) in [5.74, 6) is 2.74. The maximum atomic E-state index is 12.7. The Hall–Kier alpha value is -2.15. The molecule has 2 aromatic heterocycles. The van der Waals surface area contributed by atoms with Gasteiger partial charge in [-0.05, 0) is 51.9 Å². The van der Waals surface area contributed by atoms with Crippen molar-refractivity contribution < 1.29 is 4.79 Å². The predicted octanol–water partition coefficient (Wildman–Crippen LogP) is 2.03. The molecule has 1 amide bonds. The first-order valence-corrected chi connectivity index (χ1v) is 9.53. The van der Waals surface area contributed by atoms with E-state index in [0.29, 0.717) is 12.0 Å². The molecule has 0 N–H and O–H groups in total. The highest BCUT2D eigenvalue weighted by Crippen LogP contribution is 2.40. The number of nitrogens with zero attached hydrogens (tertiary/aromatic N) is 6. The predicted molar refractivity (Wildman–Crippen MR) is 99.0 cm³/mol. The number of aryl methyl sites for hydroxylation is 1. The van der Waals surface area contributed by atoms with Crippen LogP contribution in [0, 0.1) is 0 Å². The fraction of sp³-hybridized carbons (Fsp3) is 0.632. The lowest BCUT2D eigenvalue weighted by molar-refractivity contribution is 0.0700. The second kappa shape index (κ2) is 6.87. The van der Waals surface area contributed by atoms with Crippen LogP contribution in [-0.2, 0) is 13.6 Å². The number of rotatable bonds is 5. The lowest BCUT2D eigenvalue weighted by atomic mass is 9.95. The molecule has 2 aliphatic rings. The first kappa shape index (κ1) is 17.3. The molecule has 4 rings (SSSR count). The van der Waals surface area contributed by atoms with Crippen LogP contribution in [0.2, 0.25) is 0 Å². The van der Waals surface area contributed by atoms with Gasteiger partial charge in [0.2, 0.25) is 0 Å². The Bertz CT molecular complexity index is 780. The van der Waals surface area contributed by atoms with Crippen molar-refractivity contribution in [1.82, 2.24) is 29.1 Å². The molecule has 26 heavy (non-hydrogen) atoms. The standard InChI is InChI=1S/C19H28N6O/c1-22(2)13-17-20-21-18(25(17)15-6-7-15)14-8-11-24(12-9-14)19(26)16-5-4-10-23(16)3/h4-5,10,14-15H,6-9,11-13H2,1-3H3. The van der Waals surface area contributed by atoms with Gasteiger partial charge in [0.25, 0.3) is 5.91 Å². The van der Waals surface area contributed by atoms with Gasteiger partial charge < -0.3 is 18.9 Å². The number of amides is 1. The Morgan fingerprint density at radius 2 is 1.92 bits per heavy atom. The third-order valence-corrected chi connectivity index (χ3v) is 5.47. The van der Waals surface area contributed by atoms with Gasteiger partial charge in [-0.3, -0.25) is 4.79 Å². The number of aromatic nitrogens is 4. The Labute approximate surface area is 154 Å². The lowest BCUT2D eigenvalue weighted by Crippen LogP contribution is -2.39. The zero-order valence-electron chi connectivity index (χ0n) is 15.9. The molecule has 1 saturated carbocycles. The molecule has 0 unspecified atom stereocenters. The van der Waals surface area contributed by atoms with E-state index in [-0.39, 0.29) is 5.91 Å². The fourth-order valence-electron chi connectivity index (χ4n) is 3.92. The fourth-order valence-corrected chi connectivity index (χ4v) is 3.92. The summed E-state index contributed by atoms with van der Waals surface area (Å²) in [6.07, 6.45) is 6.31. The monoisotopic (exact) mass is 356 g/mol. The third kappa shape index (κ3) is 3.28. The largest absolute Gasteiger partial charge is 0.347 e. The van der Waals surface area contributed by atoms with E-state index in [2.05, 4.69) is 33.8 Å². The number of piperidine rings is 1. The molecule has 7 heteroatoms. The van der Waals surface area contributed by atoms with Crippen molar-refractivity contribution >= 4 is 5.91 Å². The molecule has 0 bridgehead atoms. The third-order valence-electron chi connectivity index (χ3n) is 5.47. The van der Waals surface area contributed by atoms with Crippen LogP contribution in [0.1, 0.15) is 59.8 Å². The minimum Gasteiger partial charge on any atom is -0.347 e. The van der Waals surface area contributed by atoms with Crippen LogP contribution in [0.15, 0.2) is 18.3 Å². The summed E-state index contributed by atoms with van der Waals surface area (Å²) in [7, 11) is 6.06. The first-order valence-electron chi connectivity index (χ1n) is 9.53. The maximum Gasteiger partial charge on any atom is 0.270 e. The molecule has 1 saturated heterocycles. The summed E-state index contributed by atoms with van der Waals surface area (Å²) in [4.78, 5) is 16.8. The average Bonchev–Trinajstić information content (AvgIpc) is 3.24. The zero-order valence-corrected chi connectivity index (χ0v) is 15.9. The number of likely N-dealkylation sites (tertiary alicyclic amines) is 1. The Kier molecular flexibility index (Phi) is 4.56. The normalized spacial score (nSPS) is 18.7. The van der Waals surface area contributed by atoms with Gasteiger partial charge in [0.15, 0.2) is 0 Å². The molecule has 2 fully saturated rings. The second-order valence-electron chi connectivity index (χ2n) is 7.88. The molecule has 7 nitrogen and oxygen atoms in total. The number of hydrogen-bond acceptors (Lipinski definition) is 4. The van der Waals surface area contributed by atoms with Crippen molar-refractivity contribution in [1.29, 1.82) is 0 Å². The number of hydrogen-bond donors (Lipinski definition) is 0. The van der Waals surface area contributed by atoms with E-state index in [9.17, 15) is 4.79 Å². The van der Waals surface area contributed by atoms with Gasteiger partial charge in [-0.1, -0.05) is 0 Å². The van der Waals surface area contributed by atoms with Crippen molar-refractivity contribution in [2.24, 2.45) is 7.05 Å². The summed E-state index contributed by atoms with van der Waals surface area (Å²) in [6.45, 7) is 2.40. The summed E-state index contributed by atoms with van der Waals surface area (Å²) >= 11 is 0. The van der Waals surface area contributed by atoms with E-state index in [1.165, 1.54) is 12.8 Å². The van der Waals surface area contributed by atoms with Crippen molar-refractivity contribution in [3.63, 3.8) is 0 Å². The van der Waals surface area contributed by atoms with E-state index in [1.54, 1.807) is 0 Å². The van der Waals surface area contributed by atoms with Crippen molar-refractivity contribution in [3.8, 4) is 0 Å².